The third-order valence-electron chi connectivity index (χ3n) is 7.04. The van der Waals surface area contributed by atoms with Crippen LogP contribution in [0.15, 0.2) is 53.3 Å². The van der Waals surface area contributed by atoms with Gasteiger partial charge in [-0.15, -0.1) is 0 Å². The normalized spacial score (nSPS) is 14.3. The minimum absolute atomic E-state index is 0.213. The van der Waals surface area contributed by atoms with Gasteiger partial charge in [0.05, 0.1) is 40.2 Å². The first kappa shape index (κ1) is 29.3. The van der Waals surface area contributed by atoms with Crippen molar-refractivity contribution in [3.63, 3.8) is 0 Å². The zero-order valence-corrected chi connectivity index (χ0v) is 24.0. The molecule has 1 aliphatic carbocycles. The molecule has 0 heterocycles. The summed E-state index contributed by atoms with van der Waals surface area (Å²) in [5.41, 5.74) is 3.52. The van der Waals surface area contributed by atoms with Gasteiger partial charge in [0, 0.05) is 18.2 Å². The van der Waals surface area contributed by atoms with Crippen LogP contribution < -0.4 is 40.3 Å². The summed E-state index contributed by atoms with van der Waals surface area (Å²) in [6.45, 7) is 3.12. The first-order chi connectivity index (χ1) is 19.7. The van der Waals surface area contributed by atoms with Crippen molar-refractivity contribution in [2.75, 3.05) is 39.1 Å². The van der Waals surface area contributed by atoms with E-state index in [-0.39, 0.29) is 22.9 Å². The fraction of sp³-hybridized carbons (Fsp3) is 0.323. The molecule has 2 amide bonds. The largest absolute Gasteiger partial charge is 0.497 e. The van der Waals surface area contributed by atoms with Crippen LogP contribution in [0.25, 0.3) is 11.1 Å². The Balaban J connectivity index is 1.77. The number of amides is 2. The van der Waals surface area contributed by atoms with Crippen LogP contribution in [0.3, 0.4) is 0 Å². The second-order valence-corrected chi connectivity index (χ2v) is 9.68. The number of fused-ring (bicyclic) bond motifs is 3. The summed E-state index contributed by atoms with van der Waals surface area (Å²) in [6, 6.07) is 12.7. The number of hydrogen-bond acceptors (Lipinski definition) is 8. The number of hydrogen-bond donors (Lipinski definition) is 3. The van der Waals surface area contributed by atoms with Crippen LogP contribution in [0.4, 0.5) is 11.4 Å². The average molecular weight is 562 g/mol. The molecule has 3 N–H and O–H groups in total. The van der Waals surface area contributed by atoms with Gasteiger partial charge in [-0.2, -0.15) is 0 Å². The lowest BCUT2D eigenvalue weighted by atomic mass is 9.95. The first-order valence-electron chi connectivity index (χ1n) is 13.2. The molecule has 0 saturated heterocycles. The maximum absolute atomic E-state index is 13.5. The molecule has 0 aliphatic heterocycles. The van der Waals surface area contributed by atoms with Crippen molar-refractivity contribution < 1.29 is 28.5 Å². The van der Waals surface area contributed by atoms with Crippen LogP contribution in [0.1, 0.15) is 37.4 Å². The summed E-state index contributed by atoms with van der Waals surface area (Å²) in [4.78, 5) is 38.6. The van der Waals surface area contributed by atoms with Crippen molar-refractivity contribution in [1.29, 1.82) is 0 Å². The van der Waals surface area contributed by atoms with E-state index in [0.717, 1.165) is 11.1 Å². The molecule has 216 valence electrons. The predicted molar refractivity (Wildman–Crippen MR) is 157 cm³/mol. The SMILES string of the molecule is COc1ccc(NC(=O)C(C)Nc2ccc3c(cc2=O)C(NC(C)=O)CCc2cc(OC)c(OC)c(OC)c2-3)cc1. The van der Waals surface area contributed by atoms with Gasteiger partial charge in [-0.25, -0.2) is 0 Å². The fourth-order valence-electron chi connectivity index (χ4n) is 5.05. The highest BCUT2D eigenvalue weighted by Gasteiger charge is 2.29. The van der Waals surface area contributed by atoms with Crippen LogP contribution >= 0.6 is 0 Å². The first-order valence-corrected chi connectivity index (χ1v) is 13.2. The molecule has 1 aliphatic rings. The van der Waals surface area contributed by atoms with E-state index >= 15 is 0 Å². The second kappa shape index (κ2) is 12.6. The van der Waals surface area contributed by atoms with Crippen LogP contribution in [-0.4, -0.2) is 46.3 Å². The van der Waals surface area contributed by atoms with E-state index < -0.39 is 12.1 Å². The zero-order valence-electron chi connectivity index (χ0n) is 24.0. The van der Waals surface area contributed by atoms with E-state index in [9.17, 15) is 14.4 Å². The number of anilines is 2. The maximum Gasteiger partial charge on any atom is 0.246 e. The van der Waals surface area contributed by atoms with Gasteiger partial charge in [0.25, 0.3) is 0 Å². The molecule has 0 fully saturated rings. The molecule has 0 radical (unpaired) electrons. The summed E-state index contributed by atoms with van der Waals surface area (Å²) in [5, 5.41) is 8.87. The Morgan fingerprint density at radius 2 is 1.61 bits per heavy atom. The molecule has 4 rings (SSSR count). The Hall–Kier alpha value is -4.73. The zero-order chi connectivity index (χ0) is 29.7. The lowest BCUT2D eigenvalue weighted by Gasteiger charge is -2.19. The predicted octanol–water partition coefficient (Wildman–Crippen LogP) is 4.31. The standard InChI is InChI=1S/C31H35N3O7/c1-17(31(37)34-20-8-10-21(38-3)11-9-20)32-25-14-12-22-23(16-26(25)36)24(33-18(2)35)13-7-19-15-27(39-4)29(40-5)30(41-6)28(19)22/h8-12,14-17,24H,7,13H2,1-6H3,(H,32,36)(H,33,35)(H,34,37). The van der Waals surface area contributed by atoms with Crippen molar-refractivity contribution in [1.82, 2.24) is 5.32 Å². The number of nitrogens with one attached hydrogen (secondary N) is 3. The van der Waals surface area contributed by atoms with Gasteiger partial charge in [-0.1, -0.05) is 6.07 Å². The summed E-state index contributed by atoms with van der Waals surface area (Å²) >= 11 is 0. The van der Waals surface area contributed by atoms with Crippen molar-refractivity contribution in [2.24, 2.45) is 0 Å². The van der Waals surface area contributed by atoms with Gasteiger partial charge in [-0.05, 0) is 78.9 Å². The smallest absolute Gasteiger partial charge is 0.246 e. The van der Waals surface area contributed by atoms with E-state index in [2.05, 4.69) is 16.0 Å². The lowest BCUT2D eigenvalue weighted by Crippen LogP contribution is -2.33. The molecular formula is C31H35N3O7. The Kier molecular flexibility index (Phi) is 9.01. The van der Waals surface area contributed by atoms with Gasteiger partial charge >= 0.3 is 0 Å². The van der Waals surface area contributed by atoms with Crippen LogP contribution in [0.5, 0.6) is 23.0 Å². The molecule has 0 aromatic heterocycles. The van der Waals surface area contributed by atoms with Crippen molar-refractivity contribution in [3.8, 4) is 34.1 Å². The van der Waals surface area contributed by atoms with E-state index in [1.54, 1.807) is 64.7 Å². The monoisotopic (exact) mass is 561 g/mol. The van der Waals surface area contributed by atoms with Crippen molar-refractivity contribution in [3.05, 3.63) is 69.9 Å². The molecule has 2 unspecified atom stereocenters. The highest BCUT2D eigenvalue weighted by Crippen LogP contribution is 2.50. The number of benzene rings is 2. The fourth-order valence-corrected chi connectivity index (χ4v) is 5.05. The second-order valence-electron chi connectivity index (χ2n) is 9.68. The van der Waals surface area contributed by atoms with Crippen LogP contribution in [0, 0.1) is 0 Å². The van der Waals surface area contributed by atoms with Crippen LogP contribution in [0.2, 0.25) is 0 Å². The molecule has 0 bridgehead atoms. The Morgan fingerprint density at radius 1 is 0.902 bits per heavy atom. The van der Waals surface area contributed by atoms with E-state index in [4.69, 9.17) is 18.9 Å². The number of carbonyl (C=O) groups is 2. The molecule has 0 spiro atoms. The summed E-state index contributed by atoms with van der Waals surface area (Å²) < 4.78 is 22.2. The summed E-state index contributed by atoms with van der Waals surface area (Å²) in [7, 11) is 6.21. The minimum Gasteiger partial charge on any atom is -0.497 e. The molecular weight excluding hydrogens is 526 g/mol. The summed E-state index contributed by atoms with van der Waals surface area (Å²) in [5.74, 6) is 1.55. The number of rotatable bonds is 9. The van der Waals surface area contributed by atoms with Gasteiger partial charge < -0.3 is 34.9 Å². The maximum atomic E-state index is 13.5. The number of aryl methyl sites for hydroxylation is 1. The van der Waals surface area contributed by atoms with E-state index in [0.29, 0.717) is 52.7 Å². The summed E-state index contributed by atoms with van der Waals surface area (Å²) in [6.07, 6.45) is 1.14. The Labute approximate surface area is 239 Å². The number of methoxy groups -OCH3 is 4. The molecule has 41 heavy (non-hydrogen) atoms. The quantitative estimate of drug-likeness (QED) is 0.353. The minimum atomic E-state index is -0.732. The topological polar surface area (TPSA) is 124 Å². The Morgan fingerprint density at radius 3 is 2.22 bits per heavy atom. The molecule has 0 saturated carbocycles. The van der Waals surface area contributed by atoms with Gasteiger partial charge in [0.1, 0.15) is 11.8 Å². The lowest BCUT2D eigenvalue weighted by molar-refractivity contribution is -0.119. The number of carbonyl (C=O) groups excluding carboxylic acids is 2. The third-order valence-corrected chi connectivity index (χ3v) is 7.04. The molecule has 3 aromatic rings. The third kappa shape index (κ3) is 6.21. The molecule has 2 atom stereocenters. The van der Waals surface area contributed by atoms with Gasteiger partial charge in [-0.3, -0.25) is 14.4 Å². The molecule has 10 heteroatoms. The Bertz CT molecular complexity index is 1510. The highest BCUT2D eigenvalue weighted by molar-refractivity contribution is 5.96. The van der Waals surface area contributed by atoms with Gasteiger partial charge in [0.2, 0.25) is 23.0 Å². The van der Waals surface area contributed by atoms with Crippen molar-refractivity contribution >= 4 is 23.2 Å². The van der Waals surface area contributed by atoms with E-state index in [1.807, 2.05) is 6.07 Å². The molecule has 3 aromatic carbocycles. The number of ether oxygens (including phenoxy) is 4. The highest BCUT2D eigenvalue weighted by atomic mass is 16.5. The van der Waals surface area contributed by atoms with E-state index in [1.165, 1.54) is 20.1 Å². The van der Waals surface area contributed by atoms with Crippen LogP contribution in [-0.2, 0) is 16.0 Å². The average Bonchev–Trinajstić information content (AvgIpc) is 3.20. The van der Waals surface area contributed by atoms with Gasteiger partial charge in [0.15, 0.2) is 11.5 Å². The molecule has 10 nitrogen and oxygen atoms in total. The van der Waals surface area contributed by atoms with Crippen molar-refractivity contribution in [2.45, 2.75) is 38.8 Å².